The summed E-state index contributed by atoms with van der Waals surface area (Å²) in [6, 6.07) is 56.0. The minimum atomic E-state index is -2.67. The second kappa shape index (κ2) is 11.6. The van der Waals surface area contributed by atoms with E-state index in [1.54, 1.807) is 0 Å². The summed E-state index contributed by atoms with van der Waals surface area (Å²) >= 11 is 0. The van der Waals surface area contributed by atoms with Crippen LogP contribution in [0.3, 0.4) is 0 Å². The molecule has 1 atom stereocenters. The largest absolute Gasteiger partial charge is 0.314 e. The van der Waals surface area contributed by atoms with Gasteiger partial charge in [-0.2, -0.15) is 0 Å². The summed E-state index contributed by atoms with van der Waals surface area (Å²) in [5.41, 5.74) is 9.43. The molecule has 4 nitrogen and oxygen atoms in total. The highest BCUT2D eigenvalue weighted by atomic mass is 31.2. The molecule has 0 fully saturated rings. The minimum absolute atomic E-state index is 0.631. The molecule has 2 heterocycles. The zero-order chi connectivity index (χ0) is 33.0. The Balaban J connectivity index is 1.11. The molecule has 0 amide bonds. The molecule has 8 aromatic rings. The highest BCUT2D eigenvalue weighted by molar-refractivity contribution is 7.79. The summed E-state index contributed by atoms with van der Waals surface area (Å²) in [5.74, 6) is 1.92. The zero-order valence-corrected chi connectivity index (χ0v) is 27.7. The molecule has 49 heavy (non-hydrogen) atoms. The zero-order valence-electron chi connectivity index (χ0n) is 26.8. The van der Waals surface area contributed by atoms with E-state index in [1.165, 1.54) is 0 Å². The van der Waals surface area contributed by atoms with Gasteiger partial charge in [-0.25, -0.2) is 15.0 Å². The molecule has 0 bridgehead atoms. The molecule has 1 aliphatic heterocycles. The maximum absolute atomic E-state index is 14.0. The number of benzene rings is 7. The van der Waals surface area contributed by atoms with E-state index in [2.05, 4.69) is 84.9 Å². The van der Waals surface area contributed by atoms with Crippen molar-refractivity contribution < 1.29 is 4.57 Å². The normalized spacial score (nSPS) is 14.8. The van der Waals surface area contributed by atoms with Crippen LogP contribution < -0.4 is 10.6 Å². The SMILES string of the molecule is CP1(=O)c2ccccc2-c2ccc(-c3ccc(-c4ccc(-c5nc(-c6ccccc6)nc(-c6ccccc6)n5)cc4)c4ccccc34)cc21. The van der Waals surface area contributed by atoms with Gasteiger partial charge in [-0.1, -0.05) is 158 Å². The second-order valence-corrected chi connectivity index (χ2v) is 15.3. The highest BCUT2D eigenvalue weighted by Gasteiger charge is 2.34. The van der Waals surface area contributed by atoms with Gasteiger partial charge >= 0.3 is 0 Å². The summed E-state index contributed by atoms with van der Waals surface area (Å²) in [6.45, 7) is 1.90. The Morgan fingerprint density at radius 1 is 0.367 bits per heavy atom. The molecule has 0 saturated heterocycles. The Hall–Kier alpha value is -5.96. The van der Waals surface area contributed by atoms with Crippen molar-refractivity contribution >= 4 is 28.5 Å². The van der Waals surface area contributed by atoms with Crippen molar-refractivity contribution in [2.75, 3.05) is 6.66 Å². The standard InChI is InChI=1S/C44H30N3OP/c1-49(48)40-19-11-10-18-38(40)39-25-24-33(28-41(39)49)35-27-26-34(36-16-8-9-17-37(35)36)29-20-22-32(23-21-29)44-46-42(30-12-4-2-5-13-30)45-43(47-44)31-14-6-3-7-15-31/h2-28H,1H3. The fourth-order valence-corrected chi connectivity index (χ4v) is 9.35. The molecule has 1 aromatic heterocycles. The van der Waals surface area contributed by atoms with Crippen LogP contribution in [0.15, 0.2) is 164 Å². The first-order chi connectivity index (χ1) is 24.0. The third-order valence-corrected chi connectivity index (χ3v) is 12.1. The van der Waals surface area contributed by atoms with E-state index in [0.29, 0.717) is 17.5 Å². The number of rotatable bonds is 5. The van der Waals surface area contributed by atoms with E-state index in [0.717, 1.165) is 71.5 Å². The fraction of sp³-hybridized carbons (Fsp3) is 0.0227. The molecule has 5 heteroatoms. The Labute approximate surface area is 285 Å². The average Bonchev–Trinajstić information content (AvgIpc) is 3.40. The monoisotopic (exact) mass is 647 g/mol. The van der Waals surface area contributed by atoms with Crippen LogP contribution >= 0.6 is 7.14 Å². The van der Waals surface area contributed by atoms with Crippen LogP contribution in [0.2, 0.25) is 0 Å². The highest BCUT2D eigenvalue weighted by Crippen LogP contribution is 2.51. The van der Waals surface area contributed by atoms with Crippen molar-refractivity contribution in [3.05, 3.63) is 164 Å². The van der Waals surface area contributed by atoms with E-state index in [9.17, 15) is 4.57 Å². The first-order valence-electron chi connectivity index (χ1n) is 16.4. The molecule has 9 rings (SSSR count). The molecule has 0 saturated carbocycles. The summed E-state index contributed by atoms with van der Waals surface area (Å²) in [6.07, 6.45) is 0. The Morgan fingerprint density at radius 2 is 0.776 bits per heavy atom. The Kier molecular flexibility index (Phi) is 6.93. The van der Waals surface area contributed by atoms with Crippen molar-refractivity contribution in [1.29, 1.82) is 0 Å². The van der Waals surface area contributed by atoms with Crippen LogP contribution in [0.5, 0.6) is 0 Å². The molecule has 1 aliphatic rings. The lowest BCUT2D eigenvalue weighted by atomic mass is 9.91. The summed E-state index contributed by atoms with van der Waals surface area (Å²) in [7, 11) is -2.67. The smallest absolute Gasteiger partial charge is 0.164 e. The topological polar surface area (TPSA) is 55.7 Å². The molecular formula is C44H30N3OP. The molecule has 0 spiro atoms. The Bertz CT molecular complexity index is 2520. The van der Waals surface area contributed by atoms with Gasteiger partial charge in [-0.3, -0.25) is 0 Å². The summed E-state index contributed by atoms with van der Waals surface area (Å²) in [4.78, 5) is 14.6. The van der Waals surface area contributed by atoms with Gasteiger partial charge < -0.3 is 4.57 Å². The number of fused-ring (bicyclic) bond motifs is 4. The van der Waals surface area contributed by atoms with Crippen molar-refractivity contribution in [3.63, 3.8) is 0 Å². The van der Waals surface area contributed by atoms with E-state index in [-0.39, 0.29) is 0 Å². The van der Waals surface area contributed by atoms with E-state index in [4.69, 9.17) is 15.0 Å². The number of aromatic nitrogens is 3. The molecule has 0 aliphatic carbocycles. The van der Waals surface area contributed by atoms with Gasteiger partial charge in [0.15, 0.2) is 17.5 Å². The molecule has 1 unspecified atom stereocenters. The van der Waals surface area contributed by atoms with Gasteiger partial charge in [-0.15, -0.1) is 0 Å². The third kappa shape index (κ3) is 5.01. The van der Waals surface area contributed by atoms with Crippen LogP contribution in [0.25, 0.3) is 78.3 Å². The lowest BCUT2D eigenvalue weighted by molar-refractivity contribution is 0.591. The van der Waals surface area contributed by atoms with Gasteiger partial charge in [-0.05, 0) is 56.9 Å². The van der Waals surface area contributed by atoms with Gasteiger partial charge in [0.2, 0.25) is 0 Å². The predicted octanol–water partition coefficient (Wildman–Crippen LogP) is 10.3. The van der Waals surface area contributed by atoms with Gasteiger partial charge in [0, 0.05) is 27.3 Å². The van der Waals surface area contributed by atoms with Crippen LogP contribution in [0, 0.1) is 0 Å². The van der Waals surface area contributed by atoms with E-state index < -0.39 is 7.14 Å². The van der Waals surface area contributed by atoms with Crippen molar-refractivity contribution in [3.8, 4) is 67.5 Å². The van der Waals surface area contributed by atoms with Crippen molar-refractivity contribution in [2.24, 2.45) is 0 Å². The number of hydrogen-bond acceptors (Lipinski definition) is 4. The van der Waals surface area contributed by atoms with Crippen LogP contribution in [-0.4, -0.2) is 21.6 Å². The van der Waals surface area contributed by atoms with E-state index >= 15 is 0 Å². The number of hydrogen-bond donors (Lipinski definition) is 0. The molecule has 7 aromatic carbocycles. The average molecular weight is 648 g/mol. The van der Waals surface area contributed by atoms with Gasteiger partial charge in [0.05, 0.1) is 0 Å². The molecular weight excluding hydrogens is 617 g/mol. The maximum Gasteiger partial charge on any atom is 0.164 e. The lowest BCUT2D eigenvalue weighted by Gasteiger charge is -2.14. The second-order valence-electron chi connectivity index (χ2n) is 12.5. The van der Waals surface area contributed by atoms with Crippen LogP contribution in [0.4, 0.5) is 0 Å². The lowest BCUT2D eigenvalue weighted by Crippen LogP contribution is -2.08. The minimum Gasteiger partial charge on any atom is -0.314 e. The van der Waals surface area contributed by atoms with Crippen molar-refractivity contribution in [2.45, 2.75) is 0 Å². The fourth-order valence-electron chi connectivity index (χ4n) is 7.02. The van der Waals surface area contributed by atoms with Gasteiger partial charge in [0.25, 0.3) is 0 Å². The van der Waals surface area contributed by atoms with Crippen LogP contribution in [0.1, 0.15) is 0 Å². The summed E-state index contributed by atoms with van der Waals surface area (Å²) in [5, 5.41) is 4.21. The van der Waals surface area contributed by atoms with Gasteiger partial charge in [0.1, 0.15) is 7.14 Å². The van der Waals surface area contributed by atoms with Crippen LogP contribution in [-0.2, 0) is 4.57 Å². The molecule has 232 valence electrons. The van der Waals surface area contributed by atoms with E-state index in [1.807, 2.05) is 85.5 Å². The Morgan fingerprint density at radius 3 is 1.37 bits per heavy atom. The predicted molar refractivity (Wildman–Crippen MR) is 203 cm³/mol. The first kappa shape index (κ1) is 29.2. The third-order valence-electron chi connectivity index (χ3n) is 9.50. The first-order valence-corrected chi connectivity index (χ1v) is 18.5. The molecule has 0 N–H and O–H groups in total. The molecule has 0 radical (unpaired) electrons. The quantitative estimate of drug-likeness (QED) is 0.175. The maximum atomic E-state index is 14.0. The summed E-state index contributed by atoms with van der Waals surface area (Å²) < 4.78 is 14.0. The van der Waals surface area contributed by atoms with Crippen molar-refractivity contribution in [1.82, 2.24) is 15.0 Å². The number of nitrogens with zero attached hydrogens (tertiary/aromatic N) is 3.